The lowest BCUT2D eigenvalue weighted by atomic mass is 10.2. The molecular formula is C15H12ClFN2O4. The molecule has 120 valence electrons. The Morgan fingerprint density at radius 1 is 1.17 bits per heavy atom. The van der Waals surface area contributed by atoms with Gasteiger partial charge in [-0.1, -0.05) is 23.7 Å². The maximum absolute atomic E-state index is 13.5. The molecule has 8 heteroatoms. The van der Waals surface area contributed by atoms with E-state index in [9.17, 15) is 19.1 Å². The van der Waals surface area contributed by atoms with Crippen LogP contribution in [0.4, 0.5) is 9.18 Å². The number of benzene rings is 2. The van der Waals surface area contributed by atoms with Crippen molar-refractivity contribution in [2.24, 2.45) is 0 Å². The fourth-order valence-electron chi connectivity index (χ4n) is 1.67. The lowest BCUT2D eigenvalue weighted by Gasteiger charge is -2.10. The van der Waals surface area contributed by atoms with E-state index in [0.717, 1.165) is 0 Å². The molecule has 0 aliphatic heterocycles. The van der Waals surface area contributed by atoms with Crippen molar-refractivity contribution in [2.75, 3.05) is 0 Å². The largest absolute Gasteiger partial charge is 0.508 e. The summed E-state index contributed by atoms with van der Waals surface area (Å²) in [5.41, 5.74) is 4.26. The lowest BCUT2D eigenvalue weighted by Crippen LogP contribution is -2.41. The summed E-state index contributed by atoms with van der Waals surface area (Å²) in [5, 5.41) is 9.39. The molecule has 0 radical (unpaired) electrons. The van der Waals surface area contributed by atoms with Gasteiger partial charge in [-0.2, -0.15) is 0 Å². The number of carbonyl (C=O) groups excluding carboxylic acids is 2. The SMILES string of the molecule is O=C(NNC(=O)c1cccc(O)c1)OCc1c(F)cccc1Cl. The Morgan fingerprint density at radius 2 is 1.91 bits per heavy atom. The average Bonchev–Trinajstić information content (AvgIpc) is 2.52. The van der Waals surface area contributed by atoms with Crippen molar-refractivity contribution in [3.05, 3.63) is 64.4 Å². The molecule has 0 saturated heterocycles. The van der Waals surface area contributed by atoms with Crippen molar-refractivity contribution in [3.8, 4) is 5.75 Å². The molecule has 0 bridgehead atoms. The maximum atomic E-state index is 13.5. The Kier molecular flexibility index (Phi) is 5.37. The van der Waals surface area contributed by atoms with Gasteiger partial charge in [0.2, 0.25) is 0 Å². The number of nitrogens with one attached hydrogen (secondary N) is 2. The fraction of sp³-hybridized carbons (Fsp3) is 0.0667. The van der Waals surface area contributed by atoms with Crippen LogP contribution in [0, 0.1) is 5.82 Å². The van der Waals surface area contributed by atoms with Crippen LogP contribution in [0.2, 0.25) is 5.02 Å². The van der Waals surface area contributed by atoms with Crippen molar-refractivity contribution in [2.45, 2.75) is 6.61 Å². The Hall–Kier alpha value is -2.80. The second-order valence-corrected chi connectivity index (χ2v) is 4.81. The first-order chi connectivity index (χ1) is 11.0. The number of hydrogen-bond donors (Lipinski definition) is 3. The highest BCUT2D eigenvalue weighted by Crippen LogP contribution is 2.19. The number of amides is 2. The van der Waals surface area contributed by atoms with Crippen LogP contribution in [-0.2, 0) is 11.3 Å². The van der Waals surface area contributed by atoms with E-state index in [1.165, 1.54) is 42.5 Å². The molecule has 2 aromatic rings. The van der Waals surface area contributed by atoms with Crippen LogP contribution in [-0.4, -0.2) is 17.1 Å². The summed E-state index contributed by atoms with van der Waals surface area (Å²) < 4.78 is 18.2. The molecule has 2 amide bonds. The van der Waals surface area contributed by atoms with Crippen LogP contribution < -0.4 is 10.9 Å². The van der Waals surface area contributed by atoms with Gasteiger partial charge in [-0.25, -0.2) is 14.6 Å². The van der Waals surface area contributed by atoms with Crippen molar-refractivity contribution in [3.63, 3.8) is 0 Å². The predicted octanol–water partition coefficient (Wildman–Crippen LogP) is 2.76. The first kappa shape index (κ1) is 16.6. The number of phenols is 1. The molecule has 0 fully saturated rings. The van der Waals surface area contributed by atoms with Crippen molar-refractivity contribution in [1.29, 1.82) is 0 Å². The summed E-state index contributed by atoms with van der Waals surface area (Å²) in [7, 11) is 0. The summed E-state index contributed by atoms with van der Waals surface area (Å²) in [6, 6.07) is 9.62. The van der Waals surface area contributed by atoms with E-state index in [1.807, 2.05) is 5.43 Å². The van der Waals surface area contributed by atoms with Crippen LogP contribution in [0.1, 0.15) is 15.9 Å². The molecule has 3 N–H and O–H groups in total. The Morgan fingerprint density at radius 3 is 2.61 bits per heavy atom. The van der Waals surface area contributed by atoms with E-state index in [0.29, 0.717) is 0 Å². The van der Waals surface area contributed by atoms with Gasteiger partial charge in [0.25, 0.3) is 5.91 Å². The minimum absolute atomic E-state index is 0.0311. The van der Waals surface area contributed by atoms with Crippen LogP contribution in [0.15, 0.2) is 42.5 Å². The van der Waals surface area contributed by atoms with Gasteiger partial charge in [0.15, 0.2) is 0 Å². The number of hydrogen-bond acceptors (Lipinski definition) is 4. The van der Waals surface area contributed by atoms with Gasteiger partial charge in [-0.15, -0.1) is 0 Å². The van der Waals surface area contributed by atoms with E-state index < -0.39 is 17.8 Å². The summed E-state index contributed by atoms with van der Waals surface area (Å²) in [4.78, 5) is 23.2. The van der Waals surface area contributed by atoms with Gasteiger partial charge in [0, 0.05) is 11.1 Å². The molecule has 2 aromatic carbocycles. The molecule has 0 unspecified atom stereocenters. The molecule has 0 atom stereocenters. The van der Waals surface area contributed by atoms with E-state index >= 15 is 0 Å². The third kappa shape index (κ3) is 4.58. The number of hydrazine groups is 1. The summed E-state index contributed by atoms with van der Waals surface area (Å²) in [6.07, 6.45) is -0.988. The second-order valence-electron chi connectivity index (χ2n) is 4.41. The molecule has 0 aliphatic rings. The first-order valence-electron chi connectivity index (χ1n) is 6.42. The van der Waals surface area contributed by atoms with Crippen molar-refractivity contribution in [1.82, 2.24) is 10.9 Å². The van der Waals surface area contributed by atoms with E-state index in [1.54, 1.807) is 0 Å². The highest BCUT2D eigenvalue weighted by atomic mass is 35.5. The number of aromatic hydroxyl groups is 1. The molecule has 6 nitrogen and oxygen atoms in total. The minimum Gasteiger partial charge on any atom is -0.508 e. The molecule has 23 heavy (non-hydrogen) atoms. The monoisotopic (exact) mass is 338 g/mol. The van der Waals surface area contributed by atoms with E-state index in [4.69, 9.17) is 16.3 Å². The minimum atomic E-state index is -0.988. The van der Waals surface area contributed by atoms with Crippen LogP contribution in [0.3, 0.4) is 0 Å². The summed E-state index contributed by atoms with van der Waals surface area (Å²) >= 11 is 5.79. The molecule has 2 rings (SSSR count). The van der Waals surface area contributed by atoms with Gasteiger partial charge in [0.1, 0.15) is 18.2 Å². The quantitative estimate of drug-likeness (QED) is 0.751. The van der Waals surface area contributed by atoms with Gasteiger partial charge in [0.05, 0.1) is 5.02 Å². The standard InChI is InChI=1S/C15H12ClFN2O4/c16-12-5-2-6-13(17)11(12)8-23-15(22)19-18-14(21)9-3-1-4-10(20)7-9/h1-7,20H,8H2,(H,18,21)(H,19,22). The predicted molar refractivity (Wildman–Crippen MR) is 80.3 cm³/mol. The number of carbonyl (C=O) groups is 2. The molecule has 0 aromatic heterocycles. The lowest BCUT2D eigenvalue weighted by molar-refractivity contribution is 0.0903. The molecule has 0 heterocycles. The van der Waals surface area contributed by atoms with Crippen LogP contribution >= 0.6 is 11.6 Å². The molecule has 0 spiro atoms. The summed E-state index contributed by atoms with van der Waals surface area (Å²) in [6.45, 7) is -0.390. The summed E-state index contributed by atoms with van der Waals surface area (Å²) in [5.74, 6) is -1.34. The zero-order valence-corrected chi connectivity index (χ0v) is 12.4. The van der Waals surface area contributed by atoms with Crippen molar-refractivity contribution >= 4 is 23.6 Å². The van der Waals surface area contributed by atoms with Crippen LogP contribution in [0.25, 0.3) is 0 Å². The average molecular weight is 339 g/mol. The highest BCUT2D eigenvalue weighted by Gasteiger charge is 2.11. The highest BCUT2D eigenvalue weighted by molar-refractivity contribution is 6.31. The third-order valence-corrected chi connectivity index (χ3v) is 3.15. The topological polar surface area (TPSA) is 87.7 Å². The Balaban J connectivity index is 1.85. The smallest absolute Gasteiger partial charge is 0.426 e. The number of rotatable bonds is 3. The molecular weight excluding hydrogens is 327 g/mol. The maximum Gasteiger partial charge on any atom is 0.426 e. The fourth-order valence-corrected chi connectivity index (χ4v) is 1.89. The van der Waals surface area contributed by atoms with E-state index in [-0.39, 0.29) is 28.5 Å². The Labute approximate surface area is 135 Å². The molecule has 0 saturated carbocycles. The number of halogens is 2. The number of ether oxygens (including phenoxy) is 1. The van der Waals surface area contributed by atoms with Gasteiger partial charge in [-0.05, 0) is 30.3 Å². The zero-order chi connectivity index (χ0) is 16.8. The molecule has 0 aliphatic carbocycles. The Bertz CT molecular complexity index is 719. The van der Waals surface area contributed by atoms with Gasteiger partial charge >= 0.3 is 6.09 Å². The number of phenolic OH excluding ortho intramolecular Hbond substituents is 1. The van der Waals surface area contributed by atoms with Gasteiger partial charge in [-0.3, -0.25) is 10.2 Å². The van der Waals surface area contributed by atoms with Crippen molar-refractivity contribution < 1.29 is 23.8 Å². The normalized spacial score (nSPS) is 10.0. The first-order valence-corrected chi connectivity index (χ1v) is 6.80. The third-order valence-electron chi connectivity index (χ3n) is 2.80. The van der Waals surface area contributed by atoms with Crippen LogP contribution in [0.5, 0.6) is 5.75 Å². The second kappa shape index (κ2) is 7.46. The zero-order valence-electron chi connectivity index (χ0n) is 11.7. The van der Waals surface area contributed by atoms with Gasteiger partial charge < -0.3 is 9.84 Å². The van der Waals surface area contributed by atoms with E-state index in [2.05, 4.69) is 5.43 Å².